The Kier molecular flexibility index (Phi) is 5.01. The fourth-order valence-electron chi connectivity index (χ4n) is 4.35. The maximum atomic E-state index is 13.3. The largest absolute Gasteiger partial charge is 0.426 e. The molecule has 0 radical (unpaired) electrons. The highest BCUT2D eigenvalue weighted by Crippen LogP contribution is 2.37. The van der Waals surface area contributed by atoms with Gasteiger partial charge in [0.05, 0.1) is 5.69 Å². The van der Waals surface area contributed by atoms with Crippen molar-refractivity contribution in [2.75, 3.05) is 6.54 Å². The van der Waals surface area contributed by atoms with E-state index in [-0.39, 0.29) is 13.1 Å². The molecule has 0 saturated heterocycles. The normalized spacial score (nSPS) is 15.9. The van der Waals surface area contributed by atoms with Gasteiger partial charge in [0.1, 0.15) is 0 Å². The lowest BCUT2D eigenvalue weighted by atomic mass is 9.89. The Labute approximate surface area is 192 Å². The van der Waals surface area contributed by atoms with Gasteiger partial charge in [-0.3, -0.25) is 4.79 Å². The smallest absolute Gasteiger partial charge is 0.373 e. The zero-order chi connectivity index (χ0) is 24.3. The minimum atomic E-state index is -5.07. The second-order valence-electron chi connectivity index (χ2n) is 8.76. The number of amides is 1. The Morgan fingerprint density at radius 2 is 1.97 bits per heavy atom. The second kappa shape index (κ2) is 7.69. The Hall–Kier alpha value is -3.66. The number of aryl methyl sites for hydroxylation is 1. The number of nitrogens with one attached hydrogen (secondary N) is 2. The van der Waals surface area contributed by atoms with Gasteiger partial charge in [-0.1, -0.05) is 0 Å². The Balaban J connectivity index is 1.58. The number of aliphatic hydroxyl groups is 1. The minimum absolute atomic E-state index is 0.0450. The van der Waals surface area contributed by atoms with Crippen LogP contribution in [0.15, 0.2) is 42.7 Å². The fraction of sp³-hybridized carbons (Fsp3) is 0.292. The van der Waals surface area contributed by atoms with Crippen LogP contribution in [0, 0.1) is 6.92 Å². The molecule has 0 saturated carbocycles. The van der Waals surface area contributed by atoms with Gasteiger partial charge in [-0.15, -0.1) is 10.2 Å². The molecule has 4 heterocycles. The molecule has 1 atom stereocenters. The van der Waals surface area contributed by atoms with Gasteiger partial charge < -0.3 is 20.0 Å². The van der Waals surface area contributed by atoms with E-state index < -0.39 is 17.7 Å². The van der Waals surface area contributed by atoms with Crippen LogP contribution in [0.25, 0.3) is 33.5 Å². The third-order valence-corrected chi connectivity index (χ3v) is 6.43. The number of hydrogen-bond acceptors (Lipinski definition) is 4. The number of rotatable bonds is 3. The monoisotopic (exact) mass is 469 g/mol. The molecule has 10 heteroatoms. The molecule has 34 heavy (non-hydrogen) atoms. The first kappa shape index (κ1) is 22.1. The molecule has 0 aliphatic carbocycles. The molecule has 176 valence electrons. The van der Waals surface area contributed by atoms with E-state index in [0.717, 1.165) is 43.8 Å². The van der Waals surface area contributed by atoms with E-state index in [0.29, 0.717) is 24.7 Å². The van der Waals surface area contributed by atoms with Gasteiger partial charge >= 0.3 is 6.18 Å². The Morgan fingerprint density at radius 3 is 2.68 bits per heavy atom. The summed E-state index contributed by atoms with van der Waals surface area (Å²) in [6, 6.07) is 9.48. The molecule has 0 fully saturated rings. The van der Waals surface area contributed by atoms with Crippen LogP contribution in [-0.2, 0) is 17.8 Å². The number of benzene rings is 1. The highest BCUT2D eigenvalue weighted by atomic mass is 19.4. The number of H-pyrrole nitrogens is 2. The van der Waals surface area contributed by atoms with Crippen molar-refractivity contribution in [2.24, 2.45) is 0 Å². The predicted molar refractivity (Wildman–Crippen MR) is 120 cm³/mol. The first-order chi connectivity index (χ1) is 16.1. The third-order valence-electron chi connectivity index (χ3n) is 6.43. The van der Waals surface area contributed by atoms with E-state index in [1.54, 1.807) is 6.20 Å². The van der Waals surface area contributed by atoms with Crippen LogP contribution < -0.4 is 0 Å². The maximum Gasteiger partial charge on any atom is 0.426 e. The fourth-order valence-corrected chi connectivity index (χ4v) is 4.35. The first-order valence-electron chi connectivity index (χ1n) is 10.8. The SMILES string of the molecule is Cc1c[nH]c2nnc(-c3cc4c(c(-c5ccc[nH]5)c3)CN(C(=O)[C@](C)(O)C(F)(F)F)CC4)cc12. The molecule has 0 bridgehead atoms. The van der Waals surface area contributed by atoms with Crippen LogP contribution in [0.1, 0.15) is 23.6 Å². The lowest BCUT2D eigenvalue weighted by molar-refractivity contribution is -0.250. The summed E-state index contributed by atoms with van der Waals surface area (Å²) >= 11 is 0. The van der Waals surface area contributed by atoms with Gasteiger partial charge in [0.25, 0.3) is 5.91 Å². The molecular formula is C24H22F3N5O2. The standard InChI is InChI=1S/C24H22F3N5O2/c1-13-11-29-21-16(13)10-20(30-31-21)15-8-14-5-7-32(22(33)23(2,34)24(25,26)27)12-18(14)17(9-15)19-4-3-6-28-19/h3-4,6,8-11,28,34H,5,7,12H2,1-2H3,(H,29,31)/t23-/m0/s1. The van der Waals surface area contributed by atoms with E-state index in [9.17, 15) is 23.1 Å². The number of carbonyl (C=O) groups excluding carboxylic acids is 1. The minimum Gasteiger partial charge on any atom is -0.373 e. The number of alkyl halides is 3. The quantitative estimate of drug-likeness (QED) is 0.420. The van der Waals surface area contributed by atoms with Gasteiger partial charge in [-0.2, -0.15) is 13.2 Å². The number of carbonyl (C=O) groups is 1. The van der Waals surface area contributed by atoms with E-state index in [2.05, 4.69) is 20.2 Å². The molecule has 7 nitrogen and oxygen atoms in total. The highest BCUT2D eigenvalue weighted by Gasteiger charge is 2.57. The lowest BCUT2D eigenvalue weighted by Gasteiger charge is -2.36. The average Bonchev–Trinajstić information content (AvgIpc) is 3.47. The van der Waals surface area contributed by atoms with Crippen molar-refractivity contribution in [3.8, 4) is 22.5 Å². The van der Waals surface area contributed by atoms with Gasteiger partial charge in [0, 0.05) is 47.7 Å². The molecule has 5 rings (SSSR count). The molecule has 3 N–H and O–H groups in total. The van der Waals surface area contributed by atoms with Crippen LogP contribution in [0.4, 0.5) is 13.2 Å². The molecule has 0 spiro atoms. The van der Waals surface area contributed by atoms with Crippen molar-refractivity contribution in [3.05, 3.63) is 59.4 Å². The summed E-state index contributed by atoms with van der Waals surface area (Å²) in [4.78, 5) is 19.9. The molecule has 0 unspecified atom stereocenters. The number of fused-ring (bicyclic) bond motifs is 2. The summed E-state index contributed by atoms with van der Waals surface area (Å²) in [5, 5.41) is 19.5. The van der Waals surface area contributed by atoms with Gasteiger partial charge in [-0.05, 0) is 67.3 Å². The first-order valence-corrected chi connectivity index (χ1v) is 10.8. The van der Waals surface area contributed by atoms with Crippen LogP contribution in [-0.4, -0.2) is 54.4 Å². The molecule has 1 aliphatic rings. The Morgan fingerprint density at radius 1 is 1.18 bits per heavy atom. The van der Waals surface area contributed by atoms with Crippen molar-refractivity contribution in [3.63, 3.8) is 0 Å². The van der Waals surface area contributed by atoms with E-state index in [1.807, 2.05) is 43.5 Å². The summed E-state index contributed by atoms with van der Waals surface area (Å²) in [5.41, 5.74) is 2.94. The van der Waals surface area contributed by atoms with Crippen LogP contribution >= 0.6 is 0 Å². The van der Waals surface area contributed by atoms with Crippen LogP contribution in [0.5, 0.6) is 0 Å². The summed E-state index contributed by atoms with van der Waals surface area (Å²) in [6.07, 6.45) is -1.11. The van der Waals surface area contributed by atoms with Crippen molar-refractivity contribution >= 4 is 16.9 Å². The summed E-state index contributed by atoms with van der Waals surface area (Å²) < 4.78 is 39.8. The molecule has 4 aromatic rings. The number of hydrogen-bond donors (Lipinski definition) is 3. The van der Waals surface area contributed by atoms with Gasteiger partial charge in [0.15, 0.2) is 5.65 Å². The predicted octanol–water partition coefficient (Wildman–Crippen LogP) is 4.13. The molecule has 1 aromatic carbocycles. The number of aromatic nitrogens is 4. The molecule has 3 aromatic heterocycles. The molecule has 1 aliphatic heterocycles. The number of halogens is 3. The lowest BCUT2D eigenvalue weighted by Crippen LogP contribution is -2.56. The van der Waals surface area contributed by atoms with E-state index in [4.69, 9.17) is 0 Å². The average molecular weight is 469 g/mol. The van der Waals surface area contributed by atoms with Gasteiger partial charge in [0.2, 0.25) is 5.60 Å². The van der Waals surface area contributed by atoms with Crippen molar-refractivity contribution in [2.45, 2.75) is 38.6 Å². The number of nitrogens with zero attached hydrogens (tertiary/aromatic N) is 3. The summed E-state index contributed by atoms with van der Waals surface area (Å²) in [7, 11) is 0. The zero-order valence-corrected chi connectivity index (χ0v) is 18.5. The highest BCUT2D eigenvalue weighted by molar-refractivity contribution is 5.87. The third kappa shape index (κ3) is 3.54. The zero-order valence-electron chi connectivity index (χ0n) is 18.5. The summed E-state index contributed by atoms with van der Waals surface area (Å²) in [5.74, 6) is -1.36. The second-order valence-corrected chi connectivity index (χ2v) is 8.76. The molecular weight excluding hydrogens is 447 g/mol. The van der Waals surface area contributed by atoms with E-state index in [1.165, 1.54) is 0 Å². The van der Waals surface area contributed by atoms with Crippen LogP contribution in [0.2, 0.25) is 0 Å². The Bertz CT molecular complexity index is 1390. The summed E-state index contributed by atoms with van der Waals surface area (Å²) in [6.45, 7) is 2.49. The van der Waals surface area contributed by atoms with E-state index >= 15 is 0 Å². The topological polar surface area (TPSA) is 97.9 Å². The van der Waals surface area contributed by atoms with Crippen molar-refractivity contribution in [1.82, 2.24) is 25.1 Å². The number of aromatic amines is 2. The van der Waals surface area contributed by atoms with Crippen molar-refractivity contribution in [1.29, 1.82) is 0 Å². The van der Waals surface area contributed by atoms with Crippen molar-refractivity contribution < 1.29 is 23.1 Å². The molecule has 1 amide bonds. The van der Waals surface area contributed by atoms with Gasteiger partial charge in [-0.25, -0.2) is 0 Å². The van der Waals surface area contributed by atoms with Crippen LogP contribution in [0.3, 0.4) is 0 Å². The maximum absolute atomic E-state index is 13.3.